The third kappa shape index (κ3) is 3.99. The molecule has 0 aliphatic rings. The summed E-state index contributed by atoms with van der Waals surface area (Å²) in [6.45, 7) is 6.19. The van der Waals surface area contributed by atoms with Crippen LogP contribution < -0.4 is 5.32 Å². The van der Waals surface area contributed by atoms with Crippen molar-refractivity contribution in [3.05, 3.63) is 57.6 Å². The number of aryl methyl sites for hydroxylation is 1. The Hall–Kier alpha value is -1.02. The number of rotatable bonds is 5. The molecule has 0 spiro atoms. The fourth-order valence-corrected chi connectivity index (χ4v) is 2.74. The van der Waals surface area contributed by atoms with Crippen molar-refractivity contribution in [3.63, 3.8) is 0 Å². The number of benzene rings is 2. The first-order valence-electron chi connectivity index (χ1n) is 6.87. The standard InChI is InChI=1S/C17H19Cl2N/c1-3-6-20-11-13-5-4-12(2)17(7-13)14-8-15(18)10-16(19)9-14/h4-5,7-10,20H,3,6,11H2,1-2H3. The summed E-state index contributed by atoms with van der Waals surface area (Å²) < 4.78 is 0. The van der Waals surface area contributed by atoms with Gasteiger partial charge in [0.15, 0.2) is 0 Å². The maximum Gasteiger partial charge on any atom is 0.0426 e. The Morgan fingerprint density at radius 2 is 1.70 bits per heavy atom. The van der Waals surface area contributed by atoms with Crippen molar-refractivity contribution in [2.45, 2.75) is 26.8 Å². The molecule has 2 rings (SSSR count). The van der Waals surface area contributed by atoms with Crippen LogP contribution in [-0.2, 0) is 6.54 Å². The van der Waals surface area contributed by atoms with E-state index in [1.54, 1.807) is 6.07 Å². The molecule has 106 valence electrons. The van der Waals surface area contributed by atoms with Gasteiger partial charge in [-0.05, 0) is 66.4 Å². The van der Waals surface area contributed by atoms with E-state index in [1.807, 2.05) is 12.1 Å². The minimum absolute atomic E-state index is 0.668. The van der Waals surface area contributed by atoms with Gasteiger partial charge in [0.1, 0.15) is 0 Å². The molecule has 0 bridgehead atoms. The van der Waals surface area contributed by atoms with Crippen molar-refractivity contribution >= 4 is 23.2 Å². The number of hydrogen-bond donors (Lipinski definition) is 1. The number of hydrogen-bond acceptors (Lipinski definition) is 1. The van der Waals surface area contributed by atoms with E-state index in [2.05, 4.69) is 37.4 Å². The highest BCUT2D eigenvalue weighted by Gasteiger charge is 2.06. The van der Waals surface area contributed by atoms with E-state index in [0.717, 1.165) is 25.1 Å². The molecule has 0 saturated heterocycles. The Morgan fingerprint density at radius 1 is 1.00 bits per heavy atom. The lowest BCUT2D eigenvalue weighted by molar-refractivity contribution is 0.675. The largest absolute Gasteiger partial charge is 0.313 e. The molecule has 2 aromatic carbocycles. The molecule has 3 heteroatoms. The first-order valence-corrected chi connectivity index (χ1v) is 7.62. The molecule has 2 aromatic rings. The van der Waals surface area contributed by atoms with Crippen molar-refractivity contribution in [2.24, 2.45) is 0 Å². The van der Waals surface area contributed by atoms with Crippen LogP contribution in [0.3, 0.4) is 0 Å². The number of halogens is 2. The Labute approximate surface area is 130 Å². The highest BCUT2D eigenvalue weighted by atomic mass is 35.5. The predicted molar refractivity (Wildman–Crippen MR) is 88.6 cm³/mol. The molecule has 0 heterocycles. The summed E-state index contributed by atoms with van der Waals surface area (Å²) in [4.78, 5) is 0. The van der Waals surface area contributed by atoms with Crippen LogP contribution in [0.4, 0.5) is 0 Å². The second-order valence-corrected chi connectivity index (χ2v) is 5.86. The molecular weight excluding hydrogens is 289 g/mol. The lowest BCUT2D eigenvalue weighted by atomic mass is 9.98. The van der Waals surface area contributed by atoms with Crippen LogP contribution >= 0.6 is 23.2 Å². The van der Waals surface area contributed by atoms with Gasteiger partial charge in [-0.1, -0.05) is 42.3 Å². The second-order valence-electron chi connectivity index (χ2n) is 4.98. The lowest BCUT2D eigenvalue weighted by Gasteiger charge is -2.11. The molecule has 0 fully saturated rings. The molecule has 0 aliphatic heterocycles. The van der Waals surface area contributed by atoms with Crippen LogP contribution in [0, 0.1) is 6.92 Å². The summed E-state index contributed by atoms with van der Waals surface area (Å²) in [5.74, 6) is 0. The van der Waals surface area contributed by atoms with Gasteiger partial charge >= 0.3 is 0 Å². The molecule has 1 N–H and O–H groups in total. The quantitative estimate of drug-likeness (QED) is 0.722. The Kier molecular flexibility index (Phi) is 5.47. The van der Waals surface area contributed by atoms with E-state index in [1.165, 1.54) is 16.7 Å². The molecule has 1 nitrogen and oxygen atoms in total. The molecule has 0 aliphatic carbocycles. The van der Waals surface area contributed by atoms with Crippen molar-refractivity contribution in [3.8, 4) is 11.1 Å². The summed E-state index contributed by atoms with van der Waals surface area (Å²) in [5, 5.41) is 4.76. The van der Waals surface area contributed by atoms with Gasteiger partial charge < -0.3 is 5.32 Å². The Bertz CT molecular complexity index is 573. The van der Waals surface area contributed by atoms with Crippen molar-refractivity contribution in [2.75, 3.05) is 6.54 Å². The second kappa shape index (κ2) is 7.12. The normalized spacial score (nSPS) is 10.8. The van der Waals surface area contributed by atoms with Gasteiger partial charge in [0, 0.05) is 16.6 Å². The average molecular weight is 308 g/mol. The van der Waals surface area contributed by atoms with Gasteiger partial charge in [-0.15, -0.1) is 0 Å². The van der Waals surface area contributed by atoms with Crippen LogP contribution in [0.1, 0.15) is 24.5 Å². The van der Waals surface area contributed by atoms with E-state index >= 15 is 0 Å². The fraction of sp³-hybridized carbons (Fsp3) is 0.294. The zero-order chi connectivity index (χ0) is 14.5. The minimum Gasteiger partial charge on any atom is -0.313 e. The van der Waals surface area contributed by atoms with Gasteiger partial charge in [-0.3, -0.25) is 0 Å². The summed E-state index contributed by atoms with van der Waals surface area (Å²) >= 11 is 12.2. The van der Waals surface area contributed by atoms with Crippen LogP contribution in [0.5, 0.6) is 0 Å². The molecular formula is C17H19Cl2N. The molecule has 20 heavy (non-hydrogen) atoms. The van der Waals surface area contributed by atoms with E-state index in [9.17, 15) is 0 Å². The summed E-state index contributed by atoms with van der Waals surface area (Å²) in [6.07, 6.45) is 1.14. The highest BCUT2D eigenvalue weighted by molar-refractivity contribution is 6.35. The number of nitrogens with one attached hydrogen (secondary N) is 1. The topological polar surface area (TPSA) is 12.0 Å². The molecule has 0 amide bonds. The van der Waals surface area contributed by atoms with E-state index in [-0.39, 0.29) is 0 Å². The maximum atomic E-state index is 6.10. The Morgan fingerprint density at radius 3 is 2.35 bits per heavy atom. The van der Waals surface area contributed by atoms with E-state index in [0.29, 0.717) is 10.0 Å². The van der Waals surface area contributed by atoms with Crippen LogP contribution in [0.15, 0.2) is 36.4 Å². The minimum atomic E-state index is 0.668. The Balaban J connectivity index is 2.32. The monoisotopic (exact) mass is 307 g/mol. The summed E-state index contributed by atoms with van der Waals surface area (Å²) in [7, 11) is 0. The zero-order valence-electron chi connectivity index (χ0n) is 11.8. The average Bonchev–Trinajstić information content (AvgIpc) is 2.40. The van der Waals surface area contributed by atoms with Gasteiger partial charge in [0.2, 0.25) is 0 Å². The van der Waals surface area contributed by atoms with Gasteiger partial charge in [0.05, 0.1) is 0 Å². The maximum absolute atomic E-state index is 6.10. The molecule has 0 saturated carbocycles. The van der Waals surface area contributed by atoms with Crippen molar-refractivity contribution < 1.29 is 0 Å². The smallest absolute Gasteiger partial charge is 0.0426 e. The fourth-order valence-electron chi connectivity index (χ4n) is 2.21. The SMILES string of the molecule is CCCNCc1ccc(C)c(-c2cc(Cl)cc(Cl)c2)c1. The molecule has 0 unspecified atom stereocenters. The van der Waals surface area contributed by atoms with Gasteiger partial charge in [-0.2, -0.15) is 0 Å². The third-order valence-electron chi connectivity index (χ3n) is 3.23. The first-order chi connectivity index (χ1) is 9.60. The van der Waals surface area contributed by atoms with Gasteiger partial charge in [0.25, 0.3) is 0 Å². The highest BCUT2D eigenvalue weighted by Crippen LogP contribution is 2.30. The zero-order valence-corrected chi connectivity index (χ0v) is 13.4. The van der Waals surface area contributed by atoms with Crippen molar-refractivity contribution in [1.29, 1.82) is 0 Å². The van der Waals surface area contributed by atoms with Crippen LogP contribution in [0.25, 0.3) is 11.1 Å². The van der Waals surface area contributed by atoms with Crippen LogP contribution in [0.2, 0.25) is 10.0 Å². The first kappa shape index (κ1) is 15.4. The molecule has 0 atom stereocenters. The van der Waals surface area contributed by atoms with E-state index in [4.69, 9.17) is 23.2 Å². The van der Waals surface area contributed by atoms with E-state index < -0.39 is 0 Å². The predicted octanol–water partition coefficient (Wildman–Crippen LogP) is 5.47. The summed E-state index contributed by atoms with van der Waals surface area (Å²) in [6, 6.07) is 12.2. The van der Waals surface area contributed by atoms with Gasteiger partial charge in [-0.25, -0.2) is 0 Å². The lowest BCUT2D eigenvalue weighted by Crippen LogP contribution is -2.13. The summed E-state index contributed by atoms with van der Waals surface area (Å²) in [5.41, 5.74) is 4.75. The third-order valence-corrected chi connectivity index (χ3v) is 3.67. The molecule has 0 aromatic heterocycles. The molecule has 0 radical (unpaired) electrons. The van der Waals surface area contributed by atoms with Crippen LogP contribution in [-0.4, -0.2) is 6.54 Å². The van der Waals surface area contributed by atoms with Crippen molar-refractivity contribution in [1.82, 2.24) is 5.32 Å².